The molecule has 1 fully saturated rings. The molecule has 0 aromatic heterocycles. The Labute approximate surface area is 107 Å². The van der Waals surface area contributed by atoms with Crippen LogP contribution in [-0.2, 0) is 4.79 Å². The molecule has 6 heteroatoms. The highest BCUT2D eigenvalue weighted by molar-refractivity contribution is 5.82. The normalized spacial score (nSPS) is 22.1. The molecule has 0 saturated carbocycles. The Balaban J connectivity index is 2.64. The first-order valence-electron chi connectivity index (χ1n) is 6.51. The molecule has 2 atom stereocenters. The number of likely N-dealkylation sites (tertiary alicyclic amines) is 1. The molecule has 0 radical (unpaired) electrons. The highest BCUT2D eigenvalue weighted by Crippen LogP contribution is 2.19. The zero-order valence-electron chi connectivity index (χ0n) is 10.8. The van der Waals surface area contributed by atoms with E-state index in [-0.39, 0.29) is 12.1 Å². The fraction of sp³-hybridized carbons (Fsp3) is 0.833. The standard InChI is InChI=1S/C12H22N2O4/c1-2-9-6-4-3-5-7-14(9)12(18)13-10(8-15)11(16)17/h9-10,15H,2-8H2,1H3,(H,13,18)(H,16,17)/t9?,10-/m1/s1. The van der Waals surface area contributed by atoms with Gasteiger partial charge in [0.25, 0.3) is 0 Å². The Morgan fingerprint density at radius 2 is 2.11 bits per heavy atom. The summed E-state index contributed by atoms with van der Waals surface area (Å²) in [4.78, 5) is 24.5. The summed E-state index contributed by atoms with van der Waals surface area (Å²) >= 11 is 0. The molecule has 0 aromatic rings. The van der Waals surface area contributed by atoms with Crippen LogP contribution >= 0.6 is 0 Å². The van der Waals surface area contributed by atoms with E-state index in [2.05, 4.69) is 5.32 Å². The molecule has 1 aliphatic rings. The first kappa shape index (κ1) is 14.8. The van der Waals surface area contributed by atoms with E-state index in [1.54, 1.807) is 4.90 Å². The summed E-state index contributed by atoms with van der Waals surface area (Å²) in [6.07, 6.45) is 4.97. The molecular formula is C12H22N2O4. The van der Waals surface area contributed by atoms with Gasteiger partial charge < -0.3 is 20.4 Å². The summed E-state index contributed by atoms with van der Waals surface area (Å²) in [5.41, 5.74) is 0. The molecule has 1 unspecified atom stereocenters. The third-order valence-electron chi connectivity index (χ3n) is 3.39. The predicted molar refractivity (Wildman–Crippen MR) is 66.3 cm³/mol. The van der Waals surface area contributed by atoms with Crippen molar-refractivity contribution in [1.82, 2.24) is 10.2 Å². The van der Waals surface area contributed by atoms with Crippen molar-refractivity contribution in [2.24, 2.45) is 0 Å². The number of carbonyl (C=O) groups excluding carboxylic acids is 1. The van der Waals surface area contributed by atoms with Crippen molar-refractivity contribution in [1.29, 1.82) is 0 Å². The third kappa shape index (κ3) is 3.87. The van der Waals surface area contributed by atoms with Gasteiger partial charge in [-0.15, -0.1) is 0 Å². The number of hydrogen-bond acceptors (Lipinski definition) is 3. The van der Waals surface area contributed by atoms with Crippen LogP contribution < -0.4 is 5.32 Å². The molecule has 0 bridgehead atoms. The predicted octanol–water partition coefficient (Wildman–Crippen LogP) is 0.796. The quantitative estimate of drug-likeness (QED) is 0.695. The van der Waals surface area contributed by atoms with E-state index >= 15 is 0 Å². The molecule has 1 saturated heterocycles. The second kappa shape index (κ2) is 7.20. The number of nitrogens with one attached hydrogen (secondary N) is 1. The maximum absolute atomic E-state index is 12.0. The van der Waals surface area contributed by atoms with E-state index in [0.717, 1.165) is 32.1 Å². The van der Waals surface area contributed by atoms with Crippen LogP contribution in [0.25, 0.3) is 0 Å². The summed E-state index contributed by atoms with van der Waals surface area (Å²) in [5.74, 6) is -1.21. The number of aliphatic carboxylic acids is 1. The van der Waals surface area contributed by atoms with Gasteiger partial charge in [0.15, 0.2) is 6.04 Å². The van der Waals surface area contributed by atoms with Crippen LogP contribution in [0.1, 0.15) is 39.0 Å². The third-order valence-corrected chi connectivity index (χ3v) is 3.39. The second-order valence-electron chi connectivity index (χ2n) is 4.63. The van der Waals surface area contributed by atoms with Crippen molar-refractivity contribution in [3.05, 3.63) is 0 Å². The van der Waals surface area contributed by atoms with Gasteiger partial charge in [0.2, 0.25) is 0 Å². The van der Waals surface area contributed by atoms with Crippen molar-refractivity contribution >= 4 is 12.0 Å². The molecule has 2 amide bonds. The number of carboxylic acid groups (broad SMARTS) is 1. The smallest absolute Gasteiger partial charge is 0.328 e. The first-order valence-corrected chi connectivity index (χ1v) is 6.51. The van der Waals surface area contributed by atoms with Gasteiger partial charge >= 0.3 is 12.0 Å². The van der Waals surface area contributed by atoms with E-state index in [1.165, 1.54) is 0 Å². The SMILES string of the molecule is CCC1CCCCCN1C(=O)N[C@H](CO)C(=O)O. The van der Waals surface area contributed by atoms with Gasteiger partial charge in [0, 0.05) is 12.6 Å². The summed E-state index contributed by atoms with van der Waals surface area (Å²) in [6.45, 7) is 2.09. The van der Waals surface area contributed by atoms with Crippen molar-refractivity contribution in [3.63, 3.8) is 0 Å². The number of nitrogens with zero attached hydrogens (tertiary/aromatic N) is 1. The maximum Gasteiger partial charge on any atom is 0.328 e. The highest BCUT2D eigenvalue weighted by Gasteiger charge is 2.27. The second-order valence-corrected chi connectivity index (χ2v) is 4.63. The average Bonchev–Trinajstić information content (AvgIpc) is 2.60. The molecule has 104 valence electrons. The summed E-state index contributed by atoms with van der Waals surface area (Å²) < 4.78 is 0. The molecule has 1 heterocycles. The van der Waals surface area contributed by atoms with Crippen LogP contribution in [0.5, 0.6) is 0 Å². The van der Waals surface area contributed by atoms with Crippen LogP contribution in [0, 0.1) is 0 Å². The number of rotatable bonds is 4. The maximum atomic E-state index is 12.0. The van der Waals surface area contributed by atoms with E-state index in [4.69, 9.17) is 10.2 Å². The minimum atomic E-state index is -1.22. The number of amides is 2. The van der Waals surface area contributed by atoms with E-state index in [1.807, 2.05) is 6.92 Å². The van der Waals surface area contributed by atoms with Crippen LogP contribution in [-0.4, -0.2) is 52.3 Å². The highest BCUT2D eigenvalue weighted by atomic mass is 16.4. The van der Waals surface area contributed by atoms with Gasteiger partial charge in [-0.3, -0.25) is 0 Å². The molecule has 0 aliphatic carbocycles. The monoisotopic (exact) mass is 258 g/mol. The zero-order chi connectivity index (χ0) is 13.5. The summed E-state index contributed by atoms with van der Waals surface area (Å²) in [5, 5.41) is 20.1. The van der Waals surface area contributed by atoms with E-state index in [9.17, 15) is 9.59 Å². The lowest BCUT2D eigenvalue weighted by atomic mass is 10.1. The average molecular weight is 258 g/mol. The van der Waals surface area contributed by atoms with E-state index < -0.39 is 18.6 Å². The molecule has 1 aliphatic heterocycles. The number of hydrogen-bond donors (Lipinski definition) is 3. The van der Waals surface area contributed by atoms with Crippen LogP contribution in [0.2, 0.25) is 0 Å². The number of carboxylic acids is 1. The minimum Gasteiger partial charge on any atom is -0.480 e. The van der Waals surface area contributed by atoms with Crippen molar-refractivity contribution < 1.29 is 19.8 Å². The van der Waals surface area contributed by atoms with Gasteiger partial charge in [-0.05, 0) is 19.3 Å². The lowest BCUT2D eigenvalue weighted by molar-refractivity contribution is -0.140. The zero-order valence-corrected chi connectivity index (χ0v) is 10.8. The molecule has 6 nitrogen and oxygen atoms in total. The first-order chi connectivity index (χ1) is 8.60. The number of aliphatic hydroxyl groups excluding tert-OH is 1. The molecule has 3 N–H and O–H groups in total. The topological polar surface area (TPSA) is 89.9 Å². The van der Waals surface area contributed by atoms with Gasteiger partial charge in [-0.2, -0.15) is 0 Å². The van der Waals surface area contributed by atoms with Gasteiger partial charge in [-0.25, -0.2) is 9.59 Å². The summed E-state index contributed by atoms with van der Waals surface area (Å²) in [7, 11) is 0. The van der Waals surface area contributed by atoms with Gasteiger partial charge in [0.05, 0.1) is 6.61 Å². The van der Waals surface area contributed by atoms with Gasteiger partial charge in [-0.1, -0.05) is 19.8 Å². The van der Waals surface area contributed by atoms with Crippen molar-refractivity contribution in [2.45, 2.75) is 51.1 Å². The van der Waals surface area contributed by atoms with Crippen LogP contribution in [0.15, 0.2) is 0 Å². The molecule has 0 spiro atoms. The Morgan fingerprint density at radius 1 is 1.39 bits per heavy atom. The molecule has 0 aromatic carbocycles. The van der Waals surface area contributed by atoms with Gasteiger partial charge in [0.1, 0.15) is 0 Å². The Bertz CT molecular complexity index is 296. The Kier molecular flexibility index (Phi) is 5.91. The molecule has 1 rings (SSSR count). The molecular weight excluding hydrogens is 236 g/mol. The lowest BCUT2D eigenvalue weighted by Gasteiger charge is -2.30. The Morgan fingerprint density at radius 3 is 2.67 bits per heavy atom. The molecule has 18 heavy (non-hydrogen) atoms. The van der Waals surface area contributed by atoms with Crippen molar-refractivity contribution in [3.8, 4) is 0 Å². The minimum absolute atomic E-state index is 0.167. The number of urea groups is 1. The van der Waals surface area contributed by atoms with E-state index in [0.29, 0.717) is 6.54 Å². The summed E-state index contributed by atoms with van der Waals surface area (Å²) in [6, 6.07) is -1.44. The van der Waals surface area contributed by atoms with Crippen molar-refractivity contribution in [2.75, 3.05) is 13.2 Å². The fourth-order valence-electron chi connectivity index (χ4n) is 2.29. The van der Waals surface area contributed by atoms with Crippen LogP contribution in [0.3, 0.4) is 0 Å². The number of carbonyl (C=O) groups is 2. The number of aliphatic hydroxyl groups is 1. The Hall–Kier alpha value is -1.30. The largest absolute Gasteiger partial charge is 0.480 e. The lowest BCUT2D eigenvalue weighted by Crippen LogP contribution is -2.52. The fourth-order valence-corrected chi connectivity index (χ4v) is 2.29. The van der Waals surface area contributed by atoms with Crippen LogP contribution in [0.4, 0.5) is 4.79 Å².